The molecule has 2 aromatic rings. The molecular formula is C11H11N3. The minimum atomic E-state index is 0.596. The molecule has 2 radical (unpaired) electrons. The molecule has 1 heterocycles. The molecule has 0 amide bonds. The fourth-order valence-electron chi connectivity index (χ4n) is 1.31. The van der Waals surface area contributed by atoms with Crippen LogP contribution in [-0.4, -0.2) is 9.78 Å². The molecule has 2 rings (SSSR count). The molecule has 3 nitrogen and oxygen atoms in total. The quantitative estimate of drug-likeness (QED) is 0.777. The Balaban J connectivity index is 2.43. The van der Waals surface area contributed by atoms with Gasteiger partial charge in [0.2, 0.25) is 0 Å². The first-order chi connectivity index (χ1) is 6.81. The number of nitrogen functional groups attached to an aromatic ring is 1. The van der Waals surface area contributed by atoms with E-state index in [4.69, 9.17) is 5.73 Å². The summed E-state index contributed by atoms with van der Waals surface area (Å²) in [6.45, 7) is 5.20. The van der Waals surface area contributed by atoms with Crippen molar-refractivity contribution in [3.63, 3.8) is 0 Å². The van der Waals surface area contributed by atoms with E-state index in [1.54, 1.807) is 11.2 Å². The monoisotopic (exact) mass is 185 g/mol. The Bertz CT molecular complexity index is 417. The van der Waals surface area contributed by atoms with E-state index in [0.29, 0.717) is 5.82 Å². The van der Waals surface area contributed by atoms with Crippen LogP contribution < -0.4 is 5.73 Å². The van der Waals surface area contributed by atoms with Crippen molar-refractivity contribution in [3.05, 3.63) is 49.9 Å². The zero-order chi connectivity index (χ0) is 9.97. The maximum Gasteiger partial charge on any atom is 0.122 e. The predicted molar refractivity (Wildman–Crippen MR) is 57.1 cm³/mol. The fraction of sp³-hybridized carbons (Fsp3) is 0. The lowest BCUT2D eigenvalue weighted by Crippen LogP contribution is -1.99. The van der Waals surface area contributed by atoms with E-state index in [2.05, 4.69) is 12.0 Å². The topological polar surface area (TPSA) is 43.8 Å². The Morgan fingerprint density at radius 1 is 1.29 bits per heavy atom. The summed E-state index contributed by atoms with van der Waals surface area (Å²) in [5, 5.41) is 4.27. The number of aromatic nitrogens is 2. The number of rotatable bonds is 2. The van der Waals surface area contributed by atoms with Crippen LogP contribution >= 0.6 is 0 Å². The van der Waals surface area contributed by atoms with E-state index in [1.165, 1.54) is 0 Å². The predicted octanol–water partition coefficient (Wildman–Crippen LogP) is 1.98. The second-order valence-electron chi connectivity index (χ2n) is 2.95. The molecule has 70 valence electrons. The van der Waals surface area contributed by atoms with E-state index < -0.39 is 0 Å². The highest BCUT2D eigenvalue weighted by Crippen LogP contribution is 2.19. The minimum absolute atomic E-state index is 0.596. The van der Waals surface area contributed by atoms with Gasteiger partial charge in [-0.1, -0.05) is 30.3 Å². The molecule has 0 aliphatic rings. The highest BCUT2D eigenvalue weighted by molar-refractivity contribution is 5.62. The summed E-state index contributed by atoms with van der Waals surface area (Å²) in [6, 6.07) is 11.7. The van der Waals surface area contributed by atoms with Gasteiger partial charge in [-0.3, -0.25) is 0 Å². The third kappa shape index (κ3) is 1.48. The zero-order valence-electron chi connectivity index (χ0n) is 7.72. The van der Waals surface area contributed by atoms with Gasteiger partial charge in [0.1, 0.15) is 5.82 Å². The molecule has 0 bridgehead atoms. The summed E-state index contributed by atoms with van der Waals surface area (Å²) in [7, 11) is 0. The number of hydrogen-bond donors (Lipinski definition) is 1. The van der Waals surface area contributed by atoms with Crippen molar-refractivity contribution in [2.45, 2.75) is 0 Å². The first-order valence-corrected chi connectivity index (χ1v) is 4.34. The molecular weight excluding hydrogens is 174 g/mol. The van der Waals surface area contributed by atoms with Crippen LogP contribution in [0.15, 0.2) is 36.4 Å². The summed E-state index contributed by atoms with van der Waals surface area (Å²) in [5.41, 5.74) is 7.64. The molecule has 0 atom stereocenters. The van der Waals surface area contributed by atoms with Gasteiger partial charge in [-0.05, 0) is 6.92 Å². The molecule has 14 heavy (non-hydrogen) atoms. The number of nitrogens with two attached hydrogens (primary N) is 1. The third-order valence-electron chi connectivity index (χ3n) is 2.01. The first-order valence-electron chi connectivity index (χ1n) is 4.34. The molecule has 1 aromatic carbocycles. The van der Waals surface area contributed by atoms with Gasteiger partial charge in [-0.2, -0.15) is 5.10 Å². The molecule has 0 saturated carbocycles. The first kappa shape index (κ1) is 8.81. The second kappa shape index (κ2) is 3.54. The minimum Gasteiger partial charge on any atom is -0.384 e. The maximum absolute atomic E-state index is 5.72. The summed E-state index contributed by atoms with van der Waals surface area (Å²) in [6.07, 6.45) is 0. The largest absolute Gasteiger partial charge is 0.384 e. The molecule has 3 heteroatoms. The molecule has 1 aromatic heterocycles. The van der Waals surface area contributed by atoms with Crippen LogP contribution in [0, 0.1) is 13.5 Å². The third-order valence-corrected chi connectivity index (χ3v) is 2.01. The second-order valence-corrected chi connectivity index (χ2v) is 2.95. The lowest BCUT2D eigenvalue weighted by molar-refractivity contribution is 0.847. The maximum atomic E-state index is 5.72. The SMILES string of the molecule is [CH2][CH]n1nc(-c2ccccc2)cc1N. The normalized spacial score (nSPS) is 10.4. The van der Waals surface area contributed by atoms with Crippen LogP contribution in [0.1, 0.15) is 0 Å². The van der Waals surface area contributed by atoms with Gasteiger partial charge in [-0.15, -0.1) is 0 Å². The van der Waals surface area contributed by atoms with Crippen molar-refractivity contribution in [2.24, 2.45) is 0 Å². The fourth-order valence-corrected chi connectivity index (χ4v) is 1.31. The number of nitrogens with zero attached hydrogens (tertiary/aromatic N) is 2. The highest BCUT2D eigenvalue weighted by atomic mass is 15.3. The van der Waals surface area contributed by atoms with E-state index in [-0.39, 0.29) is 0 Å². The van der Waals surface area contributed by atoms with Crippen LogP contribution in [-0.2, 0) is 0 Å². The molecule has 0 saturated heterocycles. The summed E-state index contributed by atoms with van der Waals surface area (Å²) in [5.74, 6) is 0.596. The smallest absolute Gasteiger partial charge is 0.122 e. The molecule has 0 aliphatic carbocycles. The average molecular weight is 185 g/mol. The van der Waals surface area contributed by atoms with Crippen molar-refractivity contribution >= 4 is 5.82 Å². The van der Waals surface area contributed by atoms with Crippen molar-refractivity contribution in [3.8, 4) is 11.3 Å². The summed E-state index contributed by atoms with van der Waals surface area (Å²) >= 11 is 0. The van der Waals surface area contributed by atoms with E-state index in [0.717, 1.165) is 11.3 Å². The van der Waals surface area contributed by atoms with Crippen molar-refractivity contribution < 1.29 is 0 Å². The van der Waals surface area contributed by atoms with Gasteiger partial charge in [0, 0.05) is 11.6 Å². The van der Waals surface area contributed by atoms with Gasteiger partial charge < -0.3 is 5.73 Å². The van der Waals surface area contributed by atoms with Crippen LogP contribution in [0.25, 0.3) is 11.3 Å². The molecule has 2 N–H and O–H groups in total. The average Bonchev–Trinajstić information content (AvgIpc) is 2.61. The van der Waals surface area contributed by atoms with E-state index >= 15 is 0 Å². The highest BCUT2D eigenvalue weighted by Gasteiger charge is 2.04. The van der Waals surface area contributed by atoms with Gasteiger partial charge in [0.05, 0.1) is 12.2 Å². The Morgan fingerprint density at radius 3 is 2.57 bits per heavy atom. The Hall–Kier alpha value is -1.77. The van der Waals surface area contributed by atoms with Crippen LogP contribution in [0.2, 0.25) is 0 Å². The Morgan fingerprint density at radius 2 is 2.00 bits per heavy atom. The number of benzene rings is 1. The van der Waals surface area contributed by atoms with E-state index in [9.17, 15) is 0 Å². The number of anilines is 1. The Kier molecular flexibility index (Phi) is 2.23. The van der Waals surface area contributed by atoms with Crippen LogP contribution in [0.4, 0.5) is 5.82 Å². The van der Waals surface area contributed by atoms with Gasteiger partial charge in [-0.25, -0.2) is 4.68 Å². The lowest BCUT2D eigenvalue weighted by atomic mass is 10.2. The van der Waals surface area contributed by atoms with Crippen molar-refractivity contribution in [1.82, 2.24) is 9.78 Å². The Labute approximate surface area is 83.2 Å². The standard InChI is InChI=1S/C11H11N3/c1-2-14-11(12)8-10(13-14)9-6-4-3-5-7-9/h2-8H,1,12H2. The van der Waals surface area contributed by atoms with Gasteiger partial charge in [0.25, 0.3) is 0 Å². The summed E-state index contributed by atoms with van der Waals surface area (Å²) in [4.78, 5) is 0. The van der Waals surface area contributed by atoms with Crippen LogP contribution in [0.5, 0.6) is 0 Å². The molecule has 0 unspecified atom stereocenters. The summed E-state index contributed by atoms with van der Waals surface area (Å²) < 4.78 is 1.56. The van der Waals surface area contributed by atoms with Gasteiger partial charge in [0.15, 0.2) is 0 Å². The van der Waals surface area contributed by atoms with E-state index in [1.807, 2.05) is 36.4 Å². The van der Waals surface area contributed by atoms with Crippen molar-refractivity contribution in [1.29, 1.82) is 0 Å². The van der Waals surface area contributed by atoms with Gasteiger partial charge >= 0.3 is 0 Å². The van der Waals surface area contributed by atoms with Crippen LogP contribution in [0.3, 0.4) is 0 Å². The number of hydrogen-bond acceptors (Lipinski definition) is 2. The molecule has 0 spiro atoms. The van der Waals surface area contributed by atoms with Crippen molar-refractivity contribution in [2.75, 3.05) is 5.73 Å². The molecule has 0 aliphatic heterocycles. The molecule has 0 fully saturated rings. The lowest BCUT2D eigenvalue weighted by Gasteiger charge is -1.96. The zero-order valence-corrected chi connectivity index (χ0v) is 7.72.